The lowest BCUT2D eigenvalue weighted by atomic mass is 9.44. The normalized spacial score (nSPS) is 22.1. The first-order valence-corrected chi connectivity index (χ1v) is 11.1. The number of halogens is 1. The number of aryl methyl sites for hydroxylation is 1. The van der Waals surface area contributed by atoms with Gasteiger partial charge in [0.2, 0.25) is 0 Å². The molecule has 0 radical (unpaired) electrons. The van der Waals surface area contributed by atoms with E-state index in [9.17, 15) is 9.59 Å². The van der Waals surface area contributed by atoms with Crippen LogP contribution in [0.4, 0.5) is 5.69 Å². The lowest BCUT2D eigenvalue weighted by molar-refractivity contribution is -0.0373. The molecule has 1 aromatic carbocycles. The van der Waals surface area contributed by atoms with Gasteiger partial charge in [0.15, 0.2) is 5.69 Å². The Hall–Kier alpha value is -2.93. The van der Waals surface area contributed by atoms with Crippen molar-refractivity contribution in [3.05, 3.63) is 62.4 Å². The maximum absolute atomic E-state index is 13.3. The van der Waals surface area contributed by atoms with Gasteiger partial charge in [-0.3, -0.25) is 9.36 Å². The van der Waals surface area contributed by atoms with E-state index in [2.05, 4.69) is 10.3 Å². The fourth-order valence-corrected chi connectivity index (χ4v) is 5.37. The van der Waals surface area contributed by atoms with E-state index in [0.29, 0.717) is 16.6 Å². The third-order valence-electron chi connectivity index (χ3n) is 6.95. The molecular formula is C24H25ClN4O3. The molecule has 2 bridgehead atoms. The summed E-state index contributed by atoms with van der Waals surface area (Å²) in [6.07, 6.45) is 3.35. The number of carbonyl (C=O) groups is 1. The number of pyridine rings is 1. The van der Waals surface area contributed by atoms with Crippen LogP contribution in [0.15, 0.2) is 29.1 Å². The molecule has 6 rings (SSSR count). The van der Waals surface area contributed by atoms with Crippen molar-refractivity contribution in [2.45, 2.75) is 44.6 Å². The van der Waals surface area contributed by atoms with E-state index in [0.717, 1.165) is 42.1 Å². The van der Waals surface area contributed by atoms with Crippen LogP contribution in [0.2, 0.25) is 5.15 Å². The zero-order valence-electron chi connectivity index (χ0n) is 18.5. The molecule has 0 amide bonds. The van der Waals surface area contributed by atoms with Crippen LogP contribution in [0, 0.1) is 12.8 Å². The number of benzene rings is 1. The molecule has 3 aliphatic carbocycles. The zero-order valence-corrected chi connectivity index (χ0v) is 19.3. The molecule has 8 heteroatoms. The fraction of sp³-hybridized carbons (Fsp3) is 0.417. The summed E-state index contributed by atoms with van der Waals surface area (Å²) in [6.45, 7) is 3.94. The first kappa shape index (κ1) is 20.9. The molecule has 0 spiro atoms. The van der Waals surface area contributed by atoms with Gasteiger partial charge in [-0.25, -0.2) is 14.8 Å². The van der Waals surface area contributed by atoms with Gasteiger partial charge in [-0.05, 0) is 62.8 Å². The summed E-state index contributed by atoms with van der Waals surface area (Å²) in [5.41, 5.74) is 3.24. The van der Waals surface area contributed by atoms with Gasteiger partial charge in [-0.15, -0.1) is 0 Å². The van der Waals surface area contributed by atoms with E-state index in [4.69, 9.17) is 21.3 Å². The van der Waals surface area contributed by atoms with Crippen molar-refractivity contribution in [2.24, 2.45) is 13.0 Å². The molecule has 3 fully saturated rings. The standard InChI is InChI=1S/C24H25ClN4O3/c1-12-7-15(13(2)26-17-5-6-18(25)27-20(17)22(31)32-4)19-16(8-12)21(30)29(3)23(28-19)24-9-14(10-24)11-24/h5-8,13-14,26H,9-11H2,1-4H3/t13-,14?,24?/m1/s1. The maximum atomic E-state index is 13.3. The fourth-order valence-electron chi connectivity index (χ4n) is 5.22. The minimum absolute atomic E-state index is 0.0183. The molecule has 0 saturated heterocycles. The molecule has 166 valence electrons. The lowest BCUT2D eigenvalue weighted by Gasteiger charge is -2.61. The number of hydrogen-bond donors (Lipinski definition) is 1. The SMILES string of the molecule is COC(=O)c1nc(Cl)ccc1N[C@H](C)c1cc(C)cc2c(=O)n(C)c(C34CC(C3)C4)nc12. The number of nitrogens with one attached hydrogen (secondary N) is 1. The first-order chi connectivity index (χ1) is 15.2. The Bertz CT molecular complexity index is 1320. The van der Waals surface area contributed by atoms with E-state index in [1.54, 1.807) is 16.7 Å². The van der Waals surface area contributed by atoms with Gasteiger partial charge in [0, 0.05) is 18.0 Å². The summed E-state index contributed by atoms with van der Waals surface area (Å²) in [5.74, 6) is 1.10. The highest BCUT2D eigenvalue weighted by Crippen LogP contribution is 2.64. The number of aromatic nitrogens is 3. The molecule has 3 aromatic rings. The van der Waals surface area contributed by atoms with Crippen LogP contribution in [0.1, 0.15) is 59.7 Å². The van der Waals surface area contributed by atoms with Gasteiger partial charge < -0.3 is 10.1 Å². The topological polar surface area (TPSA) is 86.1 Å². The number of ether oxygens (including phenoxy) is 1. The summed E-state index contributed by atoms with van der Waals surface area (Å²) < 4.78 is 6.59. The Labute approximate surface area is 190 Å². The Morgan fingerprint density at radius 1 is 1.28 bits per heavy atom. The Morgan fingerprint density at radius 3 is 2.62 bits per heavy atom. The van der Waals surface area contributed by atoms with E-state index >= 15 is 0 Å². The summed E-state index contributed by atoms with van der Waals surface area (Å²) in [5, 5.41) is 4.16. The molecule has 32 heavy (non-hydrogen) atoms. The van der Waals surface area contributed by atoms with Crippen molar-refractivity contribution in [1.82, 2.24) is 14.5 Å². The Morgan fingerprint density at radius 2 is 2.00 bits per heavy atom. The molecule has 7 nitrogen and oxygen atoms in total. The highest BCUT2D eigenvalue weighted by molar-refractivity contribution is 6.29. The number of esters is 1. The maximum Gasteiger partial charge on any atom is 0.358 e. The average Bonchev–Trinajstić information content (AvgIpc) is 2.70. The van der Waals surface area contributed by atoms with E-state index in [1.807, 2.05) is 33.0 Å². The van der Waals surface area contributed by atoms with Crippen molar-refractivity contribution >= 4 is 34.2 Å². The summed E-state index contributed by atoms with van der Waals surface area (Å²) in [6, 6.07) is 7.02. The molecule has 2 aromatic heterocycles. The van der Waals surface area contributed by atoms with Crippen LogP contribution in [0.5, 0.6) is 0 Å². The second kappa shape index (κ2) is 7.30. The second-order valence-corrected chi connectivity index (χ2v) is 9.58. The van der Waals surface area contributed by atoms with Gasteiger partial charge in [0.05, 0.1) is 29.7 Å². The number of carbonyl (C=O) groups excluding carboxylic acids is 1. The highest BCUT2D eigenvalue weighted by Gasteiger charge is 2.59. The molecule has 3 saturated carbocycles. The molecule has 0 unspecified atom stereocenters. The predicted molar refractivity (Wildman–Crippen MR) is 123 cm³/mol. The van der Waals surface area contributed by atoms with Gasteiger partial charge >= 0.3 is 5.97 Å². The van der Waals surface area contributed by atoms with Crippen molar-refractivity contribution < 1.29 is 9.53 Å². The first-order valence-electron chi connectivity index (χ1n) is 10.8. The van der Waals surface area contributed by atoms with Crippen molar-refractivity contribution in [1.29, 1.82) is 0 Å². The number of rotatable bonds is 5. The molecule has 1 atom stereocenters. The van der Waals surface area contributed by atoms with Crippen molar-refractivity contribution in [2.75, 3.05) is 12.4 Å². The monoisotopic (exact) mass is 452 g/mol. The largest absolute Gasteiger partial charge is 0.464 e. The number of anilines is 1. The Kier molecular flexibility index (Phi) is 4.78. The minimum Gasteiger partial charge on any atom is -0.464 e. The third-order valence-corrected chi connectivity index (χ3v) is 7.16. The summed E-state index contributed by atoms with van der Waals surface area (Å²) >= 11 is 5.99. The van der Waals surface area contributed by atoms with E-state index in [-0.39, 0.29) is 27.9 Å². The quantitative estimate of drug-likeness (QED) is 0.458. The smallest absolute Gasteiger partial charge is 0.358 e. The van der Waals surface area contributed by atoms with Crippen LogP contribution in [0.3, 0.4) is 0 Å². The molecule has 0 aliphatic heterocycles. The van der Waals surface area contributed by atoms with Gasteiger partial charge in [0.25, 0.3) is 5.56 Å². The van der Waals surface area contributed by atoms with Crippen LogP contribution in [-0.2, 0) is 17.2 Å². The molecule has 3 aliphatic rings. The number of methoxy groups -OCH3 is 1. The Balaban J connectivity index is 1.61. The third kappa shape index (κ3) is 3.10. The minimum atomic E-state index is -0.575. The lowest BCUT2D eigenvalue weighted by Crippen LogP contribution is -2.57. The van der Waals surface area contributed by atoms with E-state index < -0.39 is 5.97 Å². The summed E-state index contributed by atoms with van der Waals surface area (Å²) in [7, 11) is 3.13. The molecule has 2 heterocycles. The van der Waals surface area contributed by atoms with Crippen LogP contribution in [0.25, 0.3) is 10.9 Å². The average molecular weight is 453 g/mol. The number of fused-ring (bicyclic) bond motifs is 1. The molecular weight excluding hydrogens is 428 g/mol. The van der Waals surface area contributed by atoms with Crippen LogP contribution >= 0.6 is 11.6 Å². The highest BCUT2D eigenvalue weighted by atomic mass is 35.5. The van der Waals surface area contributed by atoms with Crippen molar-refractivity contribution in [3.63, 3.8) is 0 Å². The number of hydrogen-bond acceptors (Lipinski definition) is 6. The number of nitrogens with zero attached hydrogens (tertiary/aromatic N) is 3. The van der Waals surface area contributed by atoms with E-state index in [1.165, 1.54) is 7.11 Å². The predicted octanol–water partition coefficient (Wildman–Crippen LogP) is 4.30. The summed E-state index contributed by atoms with van der Waals surface area (Å²) in [4.78, 5) is 34.7. The van der Waals surface area contributed by atoms with Gasteiger partial charge in [-0.1, -0.05) is 17.7 Å². The van der Waals surface area contributed by atoms with Crippen LogP contribution < -0.4 is 10.9 Å². The molecule has 1 N–H and O–H groups in total. The zero-order chi connectivity index (χ0) is 22.8. The van der Waals surface area contributed by atoms with Gasteiger partial charge in [0.1, 0.15) is 11.0 Å². The van der Waals surface area contributed by atoms with Gasteiger partial charge in [-0.2, -0.15) is 0 Å². The second-order valence-electron chi connectivity index (χ2n) is 9.20. The van der Waals surface area contributed by atoms with Crippen molar-refractivity contribution in [3.8, 4) is 0 Å². The van der Waals surface area contributed by atoms with Crippen LogP contribution in [-0.4, -0.2) is 27.6 Å².